The highest BCUT2D eigenvalue weighted by Crippen LogP contribution is 2.40. The monoisotopic (exact) mass is 248 g/mol. The molecule has 0 spiro atoms. The van der Waals surface area contributed by atoms with E-state index in [1.165, 1.54) is 0 Å². The van der Waals surface area contributed by atoms with Gasteiger partial charge < -0.3 is 9.47 Å². The van der Waals surface area contributed by atoms with Crippen LogP contribution >= 0.6 is 0 Å². The summed E-state index contributed by atoms with van der Waals surface area (Å²) in [6.45, 7) is 0. The lowest BCUT2D eigenvalue weighted by atomic mass is 9.86. The Bertz CT molecular complexity index is 481. The van der Waals surface area contributed by atoms with Gasteiger partial charge >= 0.3 is 5.97 Å². The van der Waals surface area contributed by atoms with Gasteiger partial charge in [-0.1, -0.05) is 30.3 Å². The van der Waals surface area contributed by atoms with Crippen LogP contribution in [0.25, 0.3) is 5.57 Å². The molecule has 2 aliphatic heterocycles. The van der Waals surface area contributed by atoms with Gasteiger partial charge in [0.25, 0.3) is 0 Å². The van der Waals surface area contributed by atoms with E-state index < -0.39 is 18.4 Å². The molecule has 2 aliphatic rings. The molecule has 0 radical (unpaired) electrons. The highest BCUT2D eigenvalue weighted by molar-refractivity contribution is 5.83. The molecule has 3 unspecified atom stereocenters. The molecule has 0 bridgehead atoms. The lowest BCUT2D eigenvalue weighted by molar-refractivity contribution is -0.347. The molecule has 1 aromatic carbocycles. The molecule has 0 aromatic heterocycles. The maximum atomic E-state index is 11.7. The van der Waals surface area contributed by atoms with E-state index in [1.807, 2.05) is 30.3 Å². The quantitative estimate of drug-likeness (QED) is 0.491. The zero-order valence-corrected chi connectivity index (χ0v) is 9.48. The zero-order valence-electron chi connectivity index (χ0n) is 9.48. The van der Waals surface area contributed by atoms with E-state index in [1.54, 1.807) is 6.26 Å². The third-order valence-corrected chi connectivity index (χ3v) is 3.26. The van der Waals surface area contributed by atoms with Gasteiger partial charge in [0.2, 0.25) is 12.4 Å². The molecule has 1 aromatic rings. The summed E-state index contributed by atoms with van der Waals surface area (Å²) in [5.41, 5.74) is 1.93. The van der Waals surface area contributed by atoms with Crippen molar-refractivity contribution >= 4 is 11.5 Å². The number of rotatable bonds is 2. The van der Waals surface area contributed by atoms with Crippen molar-refractivity contribution in [2.75, 3.05) is 0 Å². The molecule has 2 heterocycles. The molecular formula is C13H12O5. The first-order valence-corrected chi connectivity index (χ1v) is 5.71. The van der Waals surface area contributed by atoms with Gasteiger partial charge in [-0.3, -0.25) is 0 Å². The summed E-state index contributed by atoms with van der Waals surface area (Å²) in [6, 6.07) is 9.67. The fourth-order valence-electron chi connectivity index (χ4n) is 2.39. The second-order valence-electron chi connectivity index (χ2n) is 4.31. The Morgan fingerprint density at radius 2 is 2.06 bits per heavy atom. The molecule has 1 saturated heterocycles. The Kier molecular flexibility index (Phi) is 2.77. The summed E-state index contributed by atoms with van der Waals surface area (Å²) >= 11 is 0. The minimum Gasteiger partial charge on any atom is -0.485 e. The number of esters is 1. The predicted octanol–water partition coefficient (Wildman–Crippen LogP) is 1.81. The lowest BCUT2D eigenvalue weighted by Crippen LogP contribution is -2.41. The summed E-state index contributed by atoms with van der Waals surface area (Å²) in [5.74, 6) is -0.654. The van der Waals surface area contributed by atoms with Crippen LogP contribution in [0, 0.1) is 5.92 Å². The summed E-state index contributed by atoms with van der Waals surface area (Å²) in [5, 5.41) is 8.65. The fourth-order valence-corrected chi connectivity index (χ4v) is 2.39. The molecule has 0 amide bonds. The van der Waals surface area contributed by atoms with Crippen molar-refractivity contribution in [2.24, 2.45) is 5.92 Å². The summed E-state index contributed by atoms with van der Waals surface area (Å²) < 4.78 is 10.2. The maximum Gasteiger partial charge on any atom is 0.350 e. The van der Waals surface area contributed by atoms with Gasteiger partial charge in [0.1, 0.15) is 0 Å². The van der Waals surface area contributed by atoms with Crippen LogP contribution in [0.1, 0.15) is 12.0 Å². The average molecular weight is 248 g/mol. The Morgan fingerprint density at radius 1 is 1.28 bits per heavy atom. The van der Waals surface area contributed by atoms with Crippen molar-refractivity contribution in [3.05, 3.63) is 42.2 Å². The minimum atomic E-state index is -0.924. The highest BCUT2D eigenvalue weighted by atomic mass is 17.1. The van der Waals surface area contributed by atoms with Gasteiger partial charge in [0.05, 0.1) is 6.26 Å². The van der Waals surface area contributed by atoms with Gasteiger partial charge in [-0.05, 0) is 5.56 Å². The number of carbonyl (C=O) groups is 1. The Hall–Kier alpha value is -1.85. The van der Waals surface area contributed by atoms with E-state index in [0.29, 0.717) is 6.42 Å². The van der Waals surface area contributed by atoms with E-state index in [2.05, 4.69) is 4.89 Å². The number of cyclic esters (lactones) is 1. The Labute approximate surface area is 104 Å². The van der Waals surface area contributed by atoms with Crippen molar-refractivity contribution in [3.8, 4) is 0 Å². The van der Waals surface area contributed by atoms with Crippen LogP contribution in [0.3, 0.4) is 0 Å². The summed E-state index contributed by atoms with van der Waals surface area (Å²) in [7, 11) is 0. The predicted molar refractivity (Wildman–Crippen MR) is 61.0 cm³/mol. The smallest absolute Gasteiger partial charge is 0.350 e. The van der Waals surface area contributed by atoms with E-state index in [4.69, 9.17) is 14.7 Å². The van der Waals surface area contributed by atoms with Gasteiger partial charge in [-0.25, -0.2) is 10.1 Å². The van der Waals surface area contributed by atoms with Crippen LogP contribution in [-0.4, -0.2) is 23.6 Å². The van der Waals surface area contributed by atoms with Crippen molar-refractivity contribution in [2.45, 2.75) is 18.8 Å². The molecule has 5 nitrogen and oxygen atoms in total. The molecule has 5 heteroatoms. The van der Waals surface area contributed by atoms with Crippen LogP contribution in [-0.2, 0) is 19.2 Å². The molecule has 3 rings (SSSR count). The van der Waals surface area contributed by atoms with E-state index in [9.17, 15) is 4.79 Å². The van der Waals surface area contributed by atoms with Crippen LogP contribution in [0.5, 0.6) is 0 Å². The number of fused-ring (bicyclic) bond motifs is 1. The molecule has 0 aliphatic carbocycles. The first-order valence-electron chi connectivity index (χ1n) is 5.71. The van der Waals surface area contributed by atoms with Gasteiger partial charge in [-0.15, -0.1) is 0 Å². The topological polar surface area (TPSA) is 65.0 Å². The Morgan fingerprint density at radius 3 is 2.78 bits per heavy atom. The van der Waals surface area contributed by atoms with E-state index in [0.717, 1.165) is 11.1 Å². The van der Waals surface area contributed by atoms with E-state index in [-0.39, 0.29) is 5.92 Å². The minimum absolute atomic E-state index is 0.147. The summed E-state index contributed by atoms with van der Waals surface area (Å²) in [4.78, 5) is 15.8. The molecule has 3 atom stereocenters. The number of benzene rings is 1. The molecule has 94 valence electrons. The largest absolute Gasteiger partial charge is 0.485 e. The first-order chi connectivity index (χ1) is 8.79. The second-order valence-corrected chi connectivity index (χ2v) is 4.31. The highest BCUT2D eigenvalue weighted by Gasteiger charge is 2.45. The normalized spacial score (nSPS) is 30.2. The summed E-state index contributed by atoms with van der Waals surface area (Å²) in [6.07, 6.45) is 0.415. The van der Waals surface area contributed by atoms with Crippen molar-refractivity contribution in [3.63, 3.8) is 0 Å². The lowest BCUT2D eigenvalue weighted by Gasteiger charge is -2.29. The zero-order chi connectivity index (χ0) is 12.5. The molecule has 18 heavy (non-hydrogen) atoms. The molecule has 0 saturated carbocycles. The third kappa shape index (κ3) is 1.77. The van der Waals surface area contributed by atoms with Crippen molar-refractivity contribution in [1.82, 2.24) is 0 Å². The third-order valence-electron chi connectivity index (χ3n) is 3.26. The van der Waals surface area contributed by atoms with Crippen molar-refractivity contribution in [1.29, 1.82) is 0 Å². The van der Waals surface area contributed by atoms with Crippen LogP contribution < -0.4 is 0 Å². The molecular weight excluding hydrogens is 236 g/mol. The maximum absolute atomic E-state index is 11.7. The standard InChI is InChI=1S/C13H12O5/c14-13-12-9(6-11(17-13)18-15)10(7-16-12)8-4-2-1-3-5-8/h1-5,7,9,11-12,15H,6H2. The van der Waals surface area contributed by atoms with Crippen molar-refractivity contribution < 1.29 is 24.4 Å². The molecule has 1 fully saturated rings. The van der Waals surface area contributed by atoms with Gasteiger partial charge in [0, 0.05) is 17.9 Å². The van der Waals surface area contributed by atoms with Gasteiger partial charge in [-0.2, -0.15) is 4.89 Å². The molecule has 1 N–H and O–H groups in total. The van der Waals surface area contributed by atoms with Gasteiger partial charge in [0.15, 0.2) is 0 Å². The number of hydrogen-bond acceptors (Lipinski definition) is 5. The first kappa shape index (κ1) is 11.3. The number of ether oxygens (including phenoxy) is 2. The fraction of sp³-hybridized carbons (Fsp3) is 0.308. The average Bonchev–Trinajstić information content (AvgIpc) is 2.84. The van der Waals surface area contributed by atoms with Crippen LogP contribution in [0.2, 0.25) is 0 Å². The number of carbonyl (C=O) groups excluding carboxylic acids is 1. The number of hydrogen-bond donors (Lipinski definition) is 1. The Balaban J connectivity index is 1.88. The SMILES string of the molecule is O=C1OC(OO)CC2C(c3ccccc3)=COC12. The van der Waals surface area contributed by atoms with E-state index >= 15 is 0 Å². The van der Waals surface area contributed by atoms with Crippen LogP contribution in [0.15, 0.2) is 36.6 Å². The van der Waals surface area contributed by atoms with Crippen LogP contribution in [0.4, 0.5) is 0 Å². The second kappa shape index (κ2) is 4.44.